The number of hydrogen-bond acceptors (Lipinski definition) is 3. The predicted octanol–water partition coefficient (Wildman–Crippen LogP) is 2.91. The molecule has 1 aromatic heterocycles. The van der Waals surface area contributed by atoms with Gasteiger partial charge in [0.1, 0.15) is 11.6 Å². The molecule has 20 heavy (non-hydrogen) atoms. The predicted molar refractivity (Wildman–Crippen MR) is 81.2 cm³/mol. The molecule has 0 aromatic carbocycles. The van der Waals surface area contributed by atoms with E-state index in [9.17, 15) is 4.79 Å². The number of piperidine rings is 1. The number of aromatic nitrogens is 2. The summed E-state index contributed by atoms with van der Waals surface area (Å²) in [7, 11) is 0. The molecule has 0 atom stereocenters. The van der Waals surface area contributed by atoms with Gasteiger partial charge in [-0.25, -0.2) is 4.98 Å². The maximum atomic E-state index is 11.8. The first-order valence-electron chi connectivity index (χ1n) is 7.80. The van der Waals surface area contributed by atoms with Gasteiger partial charge in [-0.1, -0.05) is 20.8 Å². The van der Waals surface area contributed by atoms with Crippen molar-refractivity contribution in [3.63, 3.8) is 0 Å². The summed E-state index contributed by atoms with van der Waals surface area (Å²) >= 11 is 0. The zero-order valence-corrected chi connectivity index (χ0v) is 12.8. The lowest BCUT2D eigenvalue weighted by Crippen LogP contribution is -2.39. The Hall–Kier alpha value is -1.32. The highest BCUT2D eigenvalue weighted by molar-refractivity contribution is 5.38. The van der Waals surface area contributed by atoms with Crippen molar-refractivity contribution >= 4 is 5.82 Å². The first-order chi connectivity index (χ1) is 9.43. The summed E-state index contributed by atoms with van der Waals surface area (Å²) in [6.07, 6.45) is 4.71. The molecular weight excluding hydrogens is 250 g/mol. The number of anilines is 1. The standard InChI is InChI=1S/C16H25N3O/c1-16(2,3)12-6-8-19(9-7-12)13-10-14(20)18-15(17-13)11-4-5-11/h10-12H,4-9H2,1-3H3,(H,17,18,20). The summed E-state index contributed by atoms with van der Waals surface area (Å²) in [5.41, 5.74) is 0.377. The molecule has 1 saturated heterocycles. The summed E-state index contributed by atoms with van der Waals surface area (Å²) in [4.78, 5) is 21.6. The highest BCUT2D eigenvalue weighted by atomic mass is 16.1. The Labute approximate surface area is 120 Å². The third kappa shape index (κ3) is 2.89. The molecule has 1 N–H and O–H groups in total. The van der Waals surface area contributed by atoms with Crippen molar-refractivity contribution in [2.75, 3.05) is 18.0 Å². The van der Waals surface area contributed by atoms with Crippen molar-refractivity contribution in [2.45, 2.75) is 52.4 Å². The van der Waals surface area contributed by atoms with Gasteiger partial charge in [0.2, 0.25) is 0 Å². The number of rotatable bonds is 2. The van der Waals surface area contributed by atoms with Crippen LogP contribution in [0.2, 0.25) is 0 Å². The molecule has 0 radical (unpaired) electrons. The van der Waals surface area contributed by atoms with Crippen LogP contribution in [-0.2, 0) is 0 Å². The van der Waals surface area contributed by atoms with Gasteiger partial charge < -0.3 is 9.88 Å². The SMILES string of the molecule is CC(C)(C)C1CCN(c2cc(=O)[nH]c(C3CC3)n2)CC1. The normalized spacial score (nSPS) is 21.2. The van der Waals surface area contributed by atoms with Gasteiger partial charge in [-0.05, 0) is 37.0 Å². The van der Waals surface area contributed by atoms with Gasteiger partial charge in [0, 0.05) is 25.1 Å². The minimum Gasteiger partial charge on any atom is -0.356 e. The highest BCUT2D eigenvalue weighted by Crippen LogP contribution is 2.38. The maximum absolute atomic E-state index is 11.8. The van der Waals surface area contributed by atoms with Gasteiger partial charge in [-0.3, -0.25) is 4.79 Å². The van der Waals surface area contributed by atoms with Crippen LogP contribution >= 0.6 is 0 Å². The van der Waals surface area contributed by atoms with E-state index in [1.165, 1.54) is 25.7 Å². The molecule has 0 amide bonds. The molecule has 2 heterocycles. The molecule has 0 bridgehead atoms. The summed E-state index contributed by atoms with van der Waals surface area (Å²) in [6.45, 7) is 9.00. The number of hydrogen-bond donors (Lipinski definition) is 1. The smallest absolute Gasteiger partial charge is 0.252 e. The lowest BCUT2D eigenvalue weighted by molar-refractivity contribution is 0.198. The van der Waals surface area contributed by atoms with E-state index in [2.05, 4.69) is 35.6 Å². The average molecular weight is 275 g/mol. The van der Waals surface area contributed by atoms with Crippen LogP contribution in [0.5, 0.6) is 0 Å². The summed E-state index contributed by atoms with van der Waals surface area (Å²) in [5, 5.41) is 0. The van der Waals surface area contributed by atoms with Crippen LogP contribution in [0, 0.1) is 11.3 Å². The van der Waals surface area contributed by atoms with Crippen LogP contribution < -0.4 is 10.5 Å². The Bertz CT molecular complexity index is 531. The van der Waals surface area contributed by atoms with Crippen molar-refractivity contribution in [1.82, 2.24) is 9.97 Å². The Morgan fingerprint density at radius 3 is 2.40 bits per heavy atom. The third-order valence-corrected chi connectivity index (χ3v) is 4.75. The molecule has 3 rings (SSSR count). The van der Waals surface area contributed by atoms with Gasteiger partial charge >= 0.3 is 0 Å². The first kappa shape index (κ1) is 13.7. The van der Waals surface area contributed by atoms with Crippen LogP contribution in [0.1, 0.15) is 58.2 Å². The quantitative estimate of drug-likeness (QED) is 0.903. The molecule has 1 aliphatic carbocycles. The van der Waals surface area contributed by atoms with Crippen LogP contribution in [0.3, 0.4) is 0 Å². The largest absolute Gasteiger partial charge is 0.356 e. The number of nitrogens with zero attached hydrogens (tertiary/aromatic N) is 2. The first-order valence-corrected chi connectivity index (χ1v) is 7.80. The van der Waals surface area contributed by atoms with Crippen molar-refractivity contribution < 1.29 is 0 Å². The number of nitrogens with one attached hydrogen (secondary N) is 1. The number of H-pyrrole nitrogens is 1. The van der Waals surface area contributed by atoms with Crippen LogP contribution in [0.15, 0.2) is 10.9 Å². The molecule has 4 heteroatoms. The van der Waals surface area contributed by atoms with Crippen LogP contribution in [-0.4, -0.2) is 23.1 Å². The fourth-order valence-electron chi connectivity index (χ4n) is 3.15. The summed E-state index contributed by atoms with van der Waals surface area (Å²) in [6, 6.07) is 1.66. The van der Waals surface area contributed by atoms with Gasteiger partial charge in [-0.15, -0.1) is 0 Å². The van der Waals surface area contributed by atoms with Gasteiger partial charge in [0.05, 0.1) is 0 Å². The number of aromatic amines is 1. The van der Waals surface area contributed by atoms with Gasteiger partial charge in [0.25, 0.3) is 5.56 Å². The van der Waals surface area contributed by atoms with Crippen LogP contribution in [0.4, 0.5) is 5.82 Å². The molecule has 2 aliphatic rings. The van der Waals surface area contributed by atoms with Gasteiger partial charge in [0.15, 0.2) is 0 Å². The second kappa shape index (κ2) is 4.90. The zero-order valence-electron chi connectivity index (χ0n) is 12.8. The Morgan fingerprint density at radius 2 is 1.85 bits per heavy atom. The summed E-state index contributed by atoms with van der Waals surface area (Å²) in [5.74, 6) is 3.03. The van der Waals surface area contributed by atoms with Crippen molar-refractivity contribution in [3.05, 3.63) is 22.2 Å². The third-order valence-electron chi connectivity index (χ3n) is 4.75. The van der Waals surface area contributed by atoms with Crippen LogP contribution in [0.25, 0.3) is 0 Å². The highest BCUT2D eigenvalue weighted by Gasteiger charge is 2.30. The second-order valence-electron chi connectivity index (χ2n) is 7.39. The fraction of sp³-hybridized carbons (Fsp3) is 0.750. The zero-order chi connectivity index (χ0) is 14.3. The van der Waals surface area contributed by atoms with E-state index in [1.807, 2.05) is 0 Å². The van der Waals surface area contributed by atoms with Crippen molar-refractivity contribution in [2.24, 2.45) is 11.3 Å². The molecular formula is C16H25N3O. The minimum atomic E-state index is -0.00477. The fourth-order valence-corrected chi connectivity index (χ4v) is 3.15. The van der Waals surface area contributed by atoms with E-state index in [0.29, 0.717) is 11.3 Å². The molecule has 1 aliphatic heterocycles. The van der Waals surface area contributed by atoms with E-state index >= 15 is 0 Å². The molecule has 0 spiro atoms. The molecule has 2 fully saturated rings. The van der Waals surface area contributed by atoms with E-state index < -0.39 is 0 Å². The van der Waals surface area contributed by atoms with E-state index in [4.69, 9.17) is 0 Å². The van der Waals surface area contributed by atoms with E-state index in [0.717, 1.165) is 30.6 Å². The molecule has 4 nitrogen and oxygen atoms in total. The monoisotopic (exact) mass is 275 g/mol. The van der Waals surface area contributed by atoms with Gasteiger partial charge in [-0.2, -0.15) is 0 Å². The minimum absolute atomic E-state index is 0.00477. The van der Waals surface area contributed by atoms with E-state index in [1.54, 1.807) is 6.07 Å². The molecule has 1 aromatic rings. The van der Waals surface area contributed by atoms with Crippen molar-refractivity contribution in [1.29, 1.82) is 0 Å². The van der Waals surface area contributed by atoms with Crippen molar-refractivity contribution in [3.8, 4) is 0 Å². The lowest BCUT2D eigenvalue weighted by Gasteiger charge is -2.39. The molecule has 1 saturated carbocycles. The maximum Gasteiger partial charge on any atom is 0.252 e. The summed E-state index contributed by atoms with van der Waals surface area (Å²) < 4.78 is 0. The lowest BCUT2D eigenvalue weighted by atomic mass is 9.75. The van der Waals surface area contributed by atoms with E-state index in [-0.39, 0.29) is 5.56 Å². The Morgan fingerprint density at radius 1 is 1.20 bits per heavy atom. The average Bonchev–Trinajstić information content (AvgIpc) is 3.21. The Kier molecular flexibility index (Phi) is 3.35. The topological polar surface area (TPSA) is 49.0 Å². The second-order valence-corrected chi connectivity index (χ2v) is 7.39. The Balaban J connectivity index is 1.73. The molecule has 110 valence electrons. The molecule has 0 unspecified atom stereocenters.